The van der Waals surface area contributed by atoms with Crippen molar-refractivity contribution in [3.63, 3.8) is 0 Å². The zero-order valence-electron chi connectivity index (χ0n) is 14.5. The molecule has 1 amide bonds. The molecule has 0 aliphatic rings. The Morgan fingerprint density at radius 3 is 2.57 bits per heavy atom. The number of amides is 1. The van der Waals surface area contributed by atoms with Crippen molar-refractivity contribution in [3.05, 3.63) is 34.3 Å². The second-order valence-corrected chi connectivity index (χ2v) is 7.99. The Bertz CT molecular complexity index is 513. The Balaban J connectivity index is 2.79. The fraction of sp³-hybridized carbons (Fsp3) is 0.611. The maximum atomic E-state index is 11.9. The lowest BCUT2D eigenvalue weighted by molar-refractivity contribution is 0.0455. The minimum absolute atomic E-state index is 0.0170. The van der Waals surface area contributed by atoms with E-state index in [9.17, 15) is 9.90 Å². The van der Waals surface area contributed by atoms with Crippen molar-refractivity contribution in [1.82, 2.24) is 5.32 Å². The molecule has 0 aromatic heterocycles. The topological polar surface area (TPSA) is 58.6 Å². The van der Waals surface area contributed by atoms with Gasteiger partial charge >= 0.3 is 6.09 Å². The number of carbonyl (C=O) groups excluding carboxylic acids is 1. The summed E-state index contributed by atoms with van der Waals surface area (Å²) in [5, 5.41) is 12.8. The number of ether oxygens (including phenoxy) is 1. The number of halogens is 1. The van der Waals surface area contributed by atoms with Gasteiger partial charge in [-0.15, -0.1) is 0 Å². The first kappa shape index (κ1) is 20.0. The molecule has 0 aliphatic heterocycles. The van der Waals surface area contributed by atoms with E-state index in [4.69, 9.17) is 4.74 Å². The predicted octanol–water partition coefficient (Wildman–Crippen LogP) is 4.30. The minimum Gasteiger partial charge on any atom is -0.444 e. The van der Waals surface area contributed by atoms with E-state index in [-0.39, 0.29) is 12.0 Å². The predicted molar refractivity (Wildman–Crippen MR) is 96.5 cm³/mol. The van der Waals surface area contributed by atoms with E-state index < -0.39 is 11.7 Å². The first-order valence-electron chi connectivity index (χ1n) is 8.02. The molecule has 5 heteroatoms. The maximum absolute atomic E-state index is 11.9. The molecule has 1 aromatic rings. The highest BCUT2D eigenvalue weighted by Crippen LogP contribution is 2.29. The number of hydrogen-bond acceptors (Lipinski definition) is 3. The summed E-state index contributed by atoms with van der Waals surface area (Å²) in [6, 6.07) is 8.05. The SMILES string of the molecule is CCCC(CO)(CNC(=O)OC(C)(C)C)Cc1cccc(Br)c1. The van der Waals surface area contributed by atoms with Crippen LogP contribution in [0.25, 0.3) is 0 Å². The van der Waals surface area contributed by atoms with E-state index in [0.29, 0.717) is 13.0 Å². The Kier molecular flexibility index (Phi) is 7.55. The van der Waals surface area contributed by atoms with Crippen LogP contribution in [0, 0.1) is 5.41 Å². The molecule has 0 radical (unpaired) electrons. The van der Waals surface area contributed by atoms with Crippen LogP contribution in [-0.4, -0.2) is 30.0 Å². The fourth-order valence-electron chi connectivity index (χ4n) is 2.61. The molecular weight excluding hydrogens is 358 g/mol. The molecule has 0 spiro atoms. The third-order valence-electron chi connectivity index (χ3n) is 3.59. The molecule has 0 aliphatic carbocycles. The Morgan fingerprint density at radius 1 is 1.35 bits per heavy atom. The molecule has 130 valence electrons. The van der Waals surface area contributed by atoms with Crippen molar-refractivity contribution >= 4 is 22.0 Å². The van der Waals surface area contributed by atoms with Crippen LogP contribution >= 0.6 is 15.9 Å². The third kappa shape index (κ3) is 7.36. The average Bonchev–Trinajstić information content (AvgIpc) is 2.43. The van der Waals surface area contributed by atoms with E-state index >= 15 is 0 Å². The number of aliphatic hydroxyl groups excluding tert-OH is 1. The van der Waals surface area contributed by atoms with Crippen molar-refractivity contribution < 1.29 is 14.6 Å². The van der Waals surface area contributed by atoms with Crippen LogP contribution < -0.4 is 5.32 Å². The normalized spacial score (nSPS) is 14.2. The molecule has 23 heavy (non-hydrogen) atoms. The molecule has 2 N–H and O–H groups in total. The molecule has 1 atom stereocenters. The van der Waals surface area contributed by atoms with Crippen LogP contribution in [0.5, 0.6) is 0 Å². The van der Waals surface area contributed by atoms with E-state index in [1.807, 2.05) is 45.0 Å². The molecule has 0 saturated carbocycles. The summed E-state index contributed by atoms with van der Waals surface area (Å²) in [5.41, 5.74) is 0.223. The van der Waals surface area contributed by atoms with Gasteiger partial charge in [-0.2, -0.15) is 0 Å². The summed E-state index contributed by atoms with van der Waals surface area (Å²) in [4.78, 5) is 11.9. The summed E-state index contributed by atoms with van der Waals surface area (Å²) >= 11 is 3.47. The average molecular weight is 386 g/mol. The van der Waals surface area contributed by atoms with E-state index in [1.165, 1.54) is 0 Å². The highest BCUT2D eigenvalue weighted by Gasteiger charge is 2.30. The van der Waals surface area contributed by atoms with Gasteiger partial charge in [0.15, 0.2) is 0 Å². The number of hydrogen-bond donors (Lipinski definition) is 2. The lowest BCUT2D eigenvalue weighted by atomic mass is 9.78. The van der Waals surface area contributed by atoms with Gasteiger partial charge in [0, 0.05) is 16.4 Å². The number of nitrogens with one attached hydrogen (secondary N) is 1. The monoisotopic (exact) mass is 385 g/mol. The third-order valence-corrected chi connectivity index (χ3v) is 4.08. The van der Waals surface area contributed by atoms with Gasteiger partial charge in [-0.3, -0.25) is 0 Å². The van der Waals surface area contributed by atoms with Crippen LogP contribution in [0.1, 0.15) is 46.1 Å². The van der Waals surface area contributed by atoms with Crippen molar-refractivity contribution in [2.45, 2.75) is 52.6 Å². The van der Waals surface area contributed by atoms with Crippen LogP contribution in [0.15, 0.2) is 28.7 Å². The molecular formula is C18H28BrNO3. The number of aliphatic hydroxyl groups is 1. The van der Waals surface area contributed by atoms with Crippen LogP contribution in [0.3, 0.4) is 0 Å². The molecule has 4 nitrogen and oxygen atoms in total. The molecule has 0 heterocycles. The Morgan fingerprint density at radius 2 is 2.04 bits per heavy atom. The van der Waals surface area contributed by atoms with Crippen LogP contribution in [0.4, 0.5) is 4.79 Å². The molecule has 0 bridgehead atoms. The van der Waals surface area contributed by atoms with Gasteiger partial charge in [0.1, 0.15) is 5.60 Å². The maximum Gasteiger partial charge on any atom is 0.407 e. The van der Waals surface area contributed by atoms with E-state index in [2.05, 4.69) is 28.2 Å². The summed E-state index contributed by atoms with van der Waals surface area (Å²) in [6.07, 6.45) is 2.02. The minimum atomic E-state index is -0.527. The number of benzene rings is 1. The lowest BCUT2D eigenvalue weighted by Gasteiger charge is -2.32. The van der Waals surface area contributed by atoms with Gasteiger partial charge in [0.25, 0.3) is 0 Å². The van der Waals surface area contributed by atoms with Crippen LogP contribution in [0.2, 0.25) is 0 Å². The van der Waals surface area contributed by atoms with E-state index in [0.717, 1.165) is 22.9 Å². The fourth-order valence-corrected chi connectivity index (χ4v) is 3.06. The van der Waals surface area contributed by atoms with Gasteiger partial charge in [-0.05, 0) is 51.3 Å². The summed E-state index contributed by atoms with van der Waals surface area (Å²) in [7, 11) is 0. The van der Waals surface area contributed by atoms with Gasteiger partial charge in [0.2, 0.25) is 0 Å². The van der Waals surface area contributed by atoms with Crippen molar-refractivity contribution in [2.24, 2.45) is 5.41 Å². The second kappa shape index (κ2) is 8.69. The van der Waals surface area contributed by atoms with Gasteiger partial charge in [-0.1, -0.05) is 41.4 Å². The van der Waals surface area contributed by atoms with Gasteiger partial charge in [-0.25, -0.2) is 4.79 Å². The second-order valence-electron chi connectivity index (χ2n) is 7.07. The van der Waals surface area contributed by atoms with Crippen molar-refractivity contribution in [1.29, 1.82) is 0 Å². The number of alkyl carbamates (subject to hydrolysis) is 1. The largest absolute Gasteiger partial charge is 0.444 e. The summed E-state index contributed by atoms with van der Waals surface area (Å²) in [5.74, 6) is 0. The zero-order chi connectivity index (χ0) is 17.5. The molecule has 1 aromatic carbocycles. The lowest BCUT2D eigenvalue weighted by Crippen LogP contribution is -2.43. The van der Waals surface area contributed by atoms with Crippen molar-refractivity contribution in [2.75, 3.05) is 13.2 Å². The summed E-state index contributed by atoms with van der Waals surface area (Å²) in [6.45, 7) is 7.99. The number of carbonyl (C=O) groups is 1. The highest BCUT2D eigenvalue weighted by atomic mass is 79.9. The first-order chi connectivity index (χ1) is 10.7. The Labute approximate surface area is 147 Å². The number of rotatable bonds is 7. The highest BCUT2D eigenvalue weighted by molar-refractivity contribution is 9.10. The van der Waals surface area contributed by atoms with Gasteiger partial charge < -0.3 is 15.2 Å². The quantitative estimate of drug-likeness (QED) is 0.735. The smallest absolute Gasteiger partial charge is 0.407 e. The van der Waals surface area contributed by atoms with Crippen LogP contribution in [-0.2, 0) is 11.2 Å². The molecule has 0 fully saturated rings. The van der Waals surface area contributed by atoms with Crippen molar-refractivity contribution in [3.8, 4) is 0 Å². The summed E-state index contributed by atoms with van der Waals surface area (Å²) < 4.78 is 6.30. The molecule has 1 unspecified atom stereocenters. The van der Waals surface area contributed by atoms with Gasteiger partial charge in [0.05, 0.1) is 6.61 Å². The standard InChI is InChI=1S/C18H28BrNO3/c1-5-9-18(13-21,11-14-7-6-8-15(19)10-14)12-20-16(22)23-17(2,3)4/h6-8,10,21H,5,9,11-13H2,1-4H3,(H,20,22). The first-order valence-corrected chi connectivity index (χ1v) is 8.81. The van der Waals surface area contributed by atoms with E-state index in [1.54, 1.807) is 0 Å². The molecule has 1 rings (SSSR count). The molecule has 0 saturated heterocycles. The zero-order valence-corrected chi connectivity index (χ0v) is 16.1. The Hall–Kier alpha value is -1.07.